The number of aromatic nitrogens is 1. The first-order valence-corrected chi connectivity index (χ1v) is 14.5. The summed E-state index contributed by atoms with van der Waals surface area (Å²) in [5, 5.41) is 4.05. The molecular formula is C31H36N4O4. The predicted molar refractivity (Wildman–Crippen MR) is 151 cm³/mol. The van der Waals surface area contributed by atoms with Gasteiger partial charge in [0.25, 0.3) is 0 Å². The molecular weight excluding hydrogens is 492 g/mol. The van der Waals surface area contributed by atoms with Gasteiger partial charge in [-0.1, -0.05) is 12.1 Å². The molecule has 3 saturated carbocycles. The number of fused-ring (bicyclic) bond motifs is 1. The van der Waals surface area contributed by atoms with Crippen molar-refractivity contribution in [3.05, 3.63) is 48.0 Å². The Labute approximate surface area is 228 Å². The molecule has 0 spiro atoms. The Morgan fingerprint density at radius 1 is 1.13 bits per heavy atom. The van der Waals surface area contributed by atoms with Crippen LogP contribution in [-0.2, 0) is 9.57 Å². The maximum Gasteiger partial charge on any atom is 0.411 e. The molecule has 0 saturated heterocycles. The van der Waals surface area contributed by atoms with Crippen LogP contribution in [0.1, 0.15) is 76.6 Å². The van der Waals surface area contributed by atoms with E-state index in [9.17, 15) is 4.79 Å². The number of carbonyl (C=O) groups is 1. The number of anilines is 1. The predicted octanol–water partition coefficient (Wildman–Crippen LogP) is 7.12. The summed E-state index contributed by atoms with van der Waals surface area (Å²) < 4.78 is 13.9. The van der Waals surface area contributed by atoms with Crippen LogP contribution >= 0.6 is 0 Å². The number of benzene rings is 2. The molecule has 2 aromatic carbocycles. The van der Waals surface area contributed by atoms with Crippen molar-refractivity contribution in [2.45, 2.75) is 77.1 Å². The number of hydroxylamine groups is 1. The average molecular weight is 529 g/mol. The van der Waals surface area contributed by atoms with Crippen LogP contribution in [0.5, 0.6) is 5.75 Å². The van der Waals surface area contributed by atoms with E-state index in [2.05, 4.69) is 39.6 Å². The molecule has 39 heavy (non-hydrogen) atoms. The monoisotopic (exact) mass is 528 g/mol. The Kier molecular flexibility index (Phi) is 6.22. The molecule has 2 atom stereocenters. The van der Waals surface area contributed by atoms with Crippen LogP contribution in [0.25, 0.3) is 22.2 Å². The number of hydrogen-bond donors (Lipinski definition) is 2. The van der Waals surface area contributed by atoms with Crippen molar-refractivity contribution in [2.24, 2.45) is 16.8 Å². The Morgan fingerprint density at radius 2 is 1.92 bits per heavy atom. The summed E-state index contributed by atoms with van der Waals surface area (Å²) in [6, 6.07) is 14.9. The van der Waals surface area contributed by atoms with E-state index < -0.39 is 6.09 Å². The Bertz CT molecular complexity index is 1420. The Hall–Kier alpha value is -3.52. The van der Waals surface area contributed by atoms with E-state index in [0.717, 1.165) is 83.6 Å². The van der Waals surface area contributed by atoms with Gasteiger partial charge in [0.2, 0.25) is 5.90 Å². The van der Waals surface area contributed by atoms with Gasteiger partial charge in [-0.2, -0.15) is 0 Å². The van der Waals surface area contributed by atoms with Crippen LogP contribution in [0.4, 0.5) is 10.5 Å². The summed E-state index contributed by atoms with van der Waals surface area (Å²) in [6.45, 7) is 4.60. The van der Waals surface area contributed by atoms with Gasteiger partial charge in [-0.15, -0.1) is 5.48 Å². The van der Waals surface area contributed by atoms with E-state index in [4.69, 9.17) is 19.3 Å². The third kappa shape index (κ3) is 4.75. The molecule has 3 fully saturated rings. The minimum atomic E-state index is -0.399. The standard InChI is InChI=1S/C31H36N4O4/c1-3-37-24-15-16-25-26(17-24)35(23-5-4-6-23)28(27(25)29-33-30(39-34-29)21-9-10-21)20-11-13-22(14-12-20)32-31(36)38-18(2)19-7-8-19/h11-19,21,23,29,34H,3-10H2,1-2H3,(H,32,36). The van der Waals surface area contributed by atoms with E-state index in [-0.39, 0.29) is 12.3 Å². The second-order valence-corrected chi connectivity index (χ2v) is 11.3. The second-order valence-electron chi connectivity index (χ2n) is 11.3. The lowest BCUT2D eigenvalue weighted by Crippen LogP contribution is -2.21. The first-order chi connectivity index (χ1) is 19.1. The van der Waals surface area contributed by atoms with Crippen LogP contribution < -0.4 is 15.5 Å². The second kappa shape index (κ2) is 9.90. The molecule has 1 aromatic heterocycles. The van der Waals surface area contributed by atoms with Crippen molar-refractivity contribution < 1.29 is 19.1 Å². The molecule has 7 rings (SSSR count). The van der Waals surface area contributed by atoms with Gasteiger partial charge in [0, 0.05) is 34.7 Å². The zero-order chi connectivity index (χ0) is 26.5. The van der Waals surface area contributed by atoms with Crippen molar-refractivity contribution in [2.75, 3.05) is 11.9 Å². The summed E-state index contributed by atoms with van der Waals surface area (Å²) in [4.78, 5) is 23.3. The van der Waals surface area contributed by atoms with Crippen LogP contribution in [0.2, 0.25) is 0 Å². The summed E-state index contributed by atoms with van der Waals surface area (Å²) in [5.74, 6) is 2.63. The molecule has 1 aliphatic heterocycles. The van der Waals surface area contributed by atoms with Crippen LogP contribution in [0, 0.1) is 11.8 Å². The highest BCUT2D eigenvalue weighted by molar-refractivity contribution is 5.95. The first-order valence-electron chi connectivity index (χ1n) is 14.5. The minimum absolute atomic E-state index is 0.0474. The van der Waals surface area contributed by atoms with Gasteiger partial charge in [-0.25, -0.2) is 9.79 Å². The molecule has 2 unspecified atom stereocenters. The summed E-state index contributed by atoms with van der Waals surface area (Å²) in [6.07, 6.45) is 7.33. The SMILES string of the molecule is CCOc1ccc2c(C3N=C(C4CC4)ON3)c(-c3ccc(NC(=O)OC(C)C4CC4)cc3)n(C3CCC3)c2c1. The zero-order valence-electron chi connectivity index (χ0n) is 22.6. The number of ether oxygens (including phenoxy) is 2. The van der Waals surface area contributed by atoms with Gasteiger partial charge in [-0.3, -0.25) is 5.32 Å². The third-order valence-corrected chi connectivity index (χ3v) is 8.48. The van der Waals surface area contributed by atoms with Gasteiger partial charge in [-0.05, 0) is 94.5 Å². The van der Waals surface area contributed by atoms with Crippen molar-refractivity contribution in [1.29, 1.82) is 0 Å². The fourth-order valence-electron chi connectivity index (χ4n) is 5.80. The molecule has 0 bridgehead atoms. The number of hydrogen-bond acceptors (Lipinski definition) is 6. The molecule has 3 aliphatic carbocycles. The fraction of sp³-hybridized carbons (Fsp3) is 0.484. The molecule has 2 N–H and O–H groups in total. The molecule has 204 valence electrons. The van der Waals surface area contributed by atoms with E-state index in [0.29, 0.717) is 24.5 Å². The lowest BCUT2D eigenvalue weighted by Gasteiger charge is -2.30. The van der Waals surface area contributed by atoms with Crippen LogP contribution in [0.15, 0.2) is 47.5 Å². The molecule has 0 radical (unpaired) electrons. The largest absolute Gasteiger partial charge is 0.494 e. The number of aliphatic imine (C=N–C) groups is 1. The van der Waals surface area contributed by atoms with Crippen LogP contribution in [0.3, 0.4) is 0 Å². The number of nitrogens with one attached hydrogen (secondary N) is 2. The summed E-state index contributed by atoms with van der Waals surface area (Å²) in [5.41, 5.74) is 8.44. The van der Waals surface area contributed by atoms with E-state index >= 15 is 0 Å². The smallest absolute Gasteiger partial charge is 0.411 e. The lowest BCUT2D eigenvalue weighted by molar-refractivity contribution is 0.108. The number of carbonyl (C=O) groups excluding carboxylic acids is 1. The molecule has 8 nitrogen and oxygen atoms in total. The third-order valence-electron chi connectivity index (χ3n) is 8.48. The topological polar surface area (TPSA) is 86.1 Å². The normalized spacial score (nSPS) is 21.7. The highest BCUT2D eigenvalue weighted by Crippen LogP contribution is 2.47. The maximum absolute atomic E-state index is 12.4. The number of nitrogens with zero attached hydrogens (tertiary/aromatic N) is 2. The van der Waals surface area contributed by atoms with E-state index in [1.54, 1.807) is 0 Å². The minimum Gasteiger partial charge on any atom is -0.494 e. The molecule has 1 amide bonds. The first kappa shape index (κ1) is 24.5. The quantitative estimate of drug-likeness (QED) is 0.309. The Morgan fingerprint density at radius 3 is 2.59 bits per heavy atom. The maximum atomic E-state index is 12.4. The van der Waals surface area contributed by atoms with E-state index in [1.807, 2.05) is 32.0 Å². The van der Waals surface area contributed by atoms with Crippen LogP contribution in [-0.4, -0.2) is 29.3 Å². The fourth-order valence-corrected chi connectivity index (χ4v) is 5.80. The molecule has 8 heteroatoms. The molecule has 4 aliphatic rings. The van der Waals surface area contributed by atoms with Gasteiger partial charge in [0.05, 0.1) is 17.8 Å². The van der Waals surface area contributed by atoms with Crippen molar-refractivity contribution in [3.8, 4) is 17.0 Å². The highest BCUT2D eigenvalue weighted by Gasteiger charge is 2.38. The van der Waals surface area contributed by atoms with E-state index in [1.165, 1.54) is 6.42 Å². The van der Waals surface area contributed by atoms with Gasteiger partial charge in [0.1, 0.15) is 11.9 Å². The average Bonchev–Trinajstić information content (AvgIpc) is 3.84. The van der Waals surface area contributed by atoms with Gasteiger partial charge < -0.3 is 18.9 Å². The van der Waals surface area contributed by atoms with Crippen molar-refractivity contribution in [1.82, 2.24) is 10.0 Å². The molecule has 3 aromatic rings. The Balaban J connectivity index is 1.28. The van der Waals surface area contributed by atoms with Crippen molar-refractivity contribution in [3.63, 3.8) is 0 Å². The highest BCUT2D eigenvalue weighted by atomic mass is 16.7. The lowest BCUT2D eigenvalue weighted by atomic mass is 9.92. The van der Waals surface area contributed by atoms with Gasteiger partial charge >= 0.3 is 6.09 Å². The summed E-state index contributed by atoms with van der Waals surface area (Å²) in [7, 11) is 0. The molecule has 2 heterocycles. The number of rotatable bonds is 9. The zero-order valence-corrected chi connectivity index (χ0v) is 22.6. The van der Waals surface area contributed by atoms with Gasteiger partial charge in [0.15, 0.2) is 6.17 Å². The van der Waals surface area contributed by atoms with Crippen molar-refractivity contribution >= 4 is 28.6 Å². The number of amides is 1. The summed E-state index contributed by atoms with van der Waals surface area (Å²) >= 11 is 0.